The molecule has 3 nitrogen and oxygen atoms in total. The second-order valence-corrected chi connectivity index (χ2v) is 12.2. The highest BCUT2D eigenvalue weighted by Gasteiger charge is 2.37. The Morgan fingerprint density at radius 2 is 1.63 bits per heavy atom. The average Bonchev–Trinajstić information content (AvgIpc) is 2.23. The van der Waals surface area contributed by atoms with Crippen LogP contribution in [0.25, 0.3) is 0 Å². The molecule has 0 saturated carbocycles. The van der Waals surface area contributed by atoms with Crippen LogP contribution in [0.15, 0.2) is 12.2 Å². The van der Waals surface area contributed by atoms with E-state index in [-0.39, 0.29) is 11.0 Å². The van der Waals surface area contributed by atoms with Crippen molar-refractivity contribution >= 4 is 14.3 Å². The summed E-state index contributed by atoms with van der Waals surface area (Å²) >= 11 is 0. The minimum Gasteiger partial charge on any atom is -0.469 e. The van der Waals surface area contributed by atoms with Gasteiger partial charge in [-0.15, -0.1) is 0 Å². The number of ether oxygens (including phenoxy) is 1. The molecule has 0 unspecified atom stereocenters. The minimum atomic E-state index is -1.76. The van der Waals surface area contributed by atoms with Crippen molar-refractivity contribution in [3.05, 3.63) is 12.2 Å². The lowest BCUT2D eigenvalue weighted by Crippen LogP contribution is -2.41. The first-order chi connectivity index (χ1) is 8.33. The maximum Gasteiger partial charge on any atom is 0.311 e. The normalized spacial score (nSPS) is 13.3. The Morgan fingerprint density at radius 3 is 2.00 bits per heavy atom. The van der Waals surface area contributed by atoms with Crippen LogP contribution < -0.4 is 0 Å². The van der Waals surface area contributed by atoms with Gasteiger partial charge in [0.05, 0.1) is 19.1 Å². The molecule has 0 spiro atoms. The number of methoxy groups -OCH3 is 1. The smallest absolute Gasteiger partial charge is 0.311 e. The lowest BCUT2D eigenvalue weighted by Gasteiger charge is -2.36. The fourth-order valence-corrected chi connectivity index (χ4v) is 2.52. The molecule has 0 N–H and O–H groups in total. The van der Waals surface area contributed by atoms with E-state index < -0.39 is 13.7 Å². The predicted octanol–water partition coefficient (Wildman–Crippen LogP) is 4.15. The van der Waals surface area contributed by atoms with Gasteiger partial charge in [-0.25, -0.2) is 0 Å². The number of esters is 1. The van der Waals surface area contributed by atoms with E-state index in [1.807, 2.05) is 13.8 Å². The van der Waals surface area contributed by atoms with Gasteiger partial charge in [0.25, 0.3) is 0 Å². The molecule has 0 aromatic carbocycles. The molecule has 0 saturated heterocycles. The van der Waals surface area contributed by atoms with Crippen molar-refractivity contribution in [2.45, 2.75) is 59.2 Å². The van der Waals surface area contributed by atoms with Crippen LogP contribution in [-0.2, 0) is 14.0 Å². The summed E-state index contributed by atoms with van der Waals surface area (Å²) < 4.78 is 10.9. The molecule has 0 bridgehead atoms. The number of hydrogen-bond acceptors (Lipinski definition) is 3. The van der Waals surface area contributed by atoms with Gasteiger partial charge in [-0.05, 0) is 38.4 Å². The highest BCUT2D eigenvalue weighted by Crippen LogP contribution is 2.37. The average molecular weight is 286 g/mol. The summed E-state index contributed by atoms with van der Waals surface area (Å²) in [6, 6.07) is 0. The van der Waals surface area contributed by atoms with E-state index in [9.17, 15) is 4.79 Å². The first-order valence-electron chi connectivity index (χ1n) is 6.72. The minimum absolute atomic E-state index is 0.186. The molecule has 0 heterocycles. The lowest BCUT2D eigenvalue weighted by molar-refractivity contribution is -0.150. The molecule has 0 aliphatic rings. The van der Waals surface area contributed by atoms with Gasteiger partial charge in [-0.2, -0.15) is 0 Å². The largest absolute Gasteiger partial charge is 0.469 e. The Hall–Kier alpha value is -0.613. The zero-order chi connectivity index (χ0) is 15.5. The Bertz CT molecular complexity index is 338. The molecule has 19 heavy (non-hydrogen) atoms. The van der Waals surface area contributed by atoms with Crippen LogP contribution in [0.1, 0.15) is 41.0 Å². The zero-order valence-corrected chi connectivity index (χ0v) is 14.8. The molecule has 0 aromatic rings. The third-order valence-electron chi connectivity index (χ3n) is 3.87. The van der Waals surface area contributed by atoms with Gasteiger partial charge in [0.2, 0.25) is 0 Å². The Labute approximate surface area is 119 Å². The predicted molar refractivity (Wildman–Crippen MR) is 82.7 cm³/mol. The van der Waals surface area contributed by atoms with Gasteiger partial charge < -0.3 is 9.16 Å². The fourth-order valence-electron chi connectivity index (χ4n) is 1.52. The molecule has 0 radical (unpaired) electrons. The third-order valence-corrected chi connectivity index (χ3v) is 8.35. The van der Waals surface area contributed by atoms with E-state index in [1.54, 1.807) is 0 Å². The van der Waals surface area contributed by atoms with Crippen LogP contribution in [0.5, 0.6) is 0 Å². The van der Waals surface area contributed by atoms with Crippen LogP contribution in [0, 0.1) is 5.41 Å². The fraction of sp³-hybridized carbons (Fsp3) is 0.800. The van der Waals surface area contributed by atoms with Crippen LogP contribution in [0.4, 0.5) is 0 Å². The van der Waals surface area contributed by atoms with E-state index in [4.69, 9.17) is 9.16 Å². The summed E-state index contributed by atoms with van der Waals surface area (Å²) in [6.07, 6.45) is 0.592. The van der Waals surface area contributed by atoms with Crippen molar-refractivity contribution in [1.82, 2.24) is 0 Å². The molecular weight excluding hydrogens is 256 g/mol. The van der Waals surface area contributed by atoms with Crippen LogP contribution in [-0.4, -0.2) is 28.0 Å². The maximum absolute atomic E-state index is 11.6. The molecule has 4 heteroatoms. The van der Waals surface area contributed by atoms with Gasteiger partial charge in [0, 0.05) is 0 Å². The summed E-state index contributed by atoms with van der Waals surface area (Å²) in [6.45, 7) is 19.4. The Morgan fingerprint density at radius 1 is 1.16 bits per heavy atom. The molecule has 0 atom stereocenters. The van der Waals surface area contributed by atoms with Gasteiger partial charge in [-0.1, -0.05) is 32.9 Å². The highest BCUT2D eigenvalue weighted by atomic mass is 28.4. The second-order valence-electron chi connectivity index (χ2n) is 7.35. The van der Waals surface area contributed by atoms with E-state index in [0.717, 1.165) is 5.57 Å². The molecule has 0 aromatic heterocycles. The van der Waals surface area contributed by atoms with Gasteiger partial charge >= 0.3 is 5.97 Å². The summed E-state index contributed by atoms with van der Waals surface area (Å²) in [7, 11) is -0.340. The summed E-state index contributed by atoms with van der Waals surface area (Å²) in [4.78, 5) is 11.6. The molecule has 0 amide bonds. The van der Waals surface area contributed by atoms with Crippen LogP contribution in [0.3, 0.4) is 0 Å². The number of carbonyl (C=O) groups is 1. The van der Waals surface area contributed by atoms with Crippen LogP contribution in [0.2, 0.25) is 18.1 Å². The SMILES string of the molecule is C=C(CO[Si](C)(C)C(C)(C)C)CC(C)(C)C(=O)OC. The summed E-state index contributed by atoms with van der Waals surface area (Å²) in [5.74, 6) is -0.207. The van der Waals surface area contributed by atoms with Crippen molar-refractivity contribution in [2.24, 2.45) is 5.41 Å². The van der Waals surface area contributed by atoms with E-state index >= 15 is 0 Å². The van der Waals surface area contributed by atoms with Crippen molar-refractivity contribution in [1.29, 1.82) is 0 Å². The van der Waals surface area contributed by atoms with Crippen molar-refractivity contribution in [3.63, 3.8) is 0 Å². The summed E-state index contributed by atoms with van der Waals surface area (Å²) in [5, 5.41) is 0.186. The first-order valence-corrected chi connectivity index (χ1v) is 9.63. The second kappa shape index (κ2) is 6.22. The van der Waals surface area contributed by atoms with Gasteiger partial charge in [-0.3, -0.25) is 4.79 Å². The van der Waals surface area contributed by atoms with Gasteiger partial charge in [0.1, 0.15) is 0 Å². The van der Waals surface area contributed by atoms with Crippen LogP contribution >= 0.6 is 0 Å². The Balaban J connectivity index is 4.47. The molecule has 0 fully saturated rings. The summed E-state index contributed by atoms with van der Waals surface area (Å²) in [5.41, 5.74) is 0.406. The monoisotopic (exact) mass is 286 g/mol. The van der Waals surface area contributed by atoms with E-state index in [1.165, 1.54) is 7.11 Å². The van der Waals surface area contributed by atoms with E-state index in [0.29, 0.717) is 13.0 Å². The lowest BCUT2D eigenvalue weighted by atomic mass is 9.86. The topological polar surface area (TPSA) is 35.5 Å². The van der Waals surface area contributed by atoms with Crippen molar-refractivity contribution < 1.29 is 14.0 Å². The third kappa shape index (κ3) is 5.49. The quantitative estimate of drug-likeness (QED) is 0.418. The van der Waals surface area contributed by atoms with E-state index in [2.05, 4.69) is 40.4 Å². The maximum atomic E-state index is 11.6. The standard InChI is InChI=1S/C15H30O3Si/c1-12(10-15(5,6)13(16)17-7)11-18-19(8,9)14(2,3)4/h1,10-11H2,2-9H3. The molecule has 0 aliphatic carbocycles. The molecule has 0 rings (SSSR count). The number of carbonyl (C=O) groups excluding carboxylic acids is 1. The Kier molecular flexibility index (Phi) is 6.02. The number of rotatable bonds is 6. The zero-order valence-electron chi connectivity index (χ0n) is 13.8. The van der Waals surface area contributed by atoms with Crippen molar-refractivity contribution in [3.8, 4) is 0 Å². The first kappa shape index (κ1) is 18.4. The molecule has 0 aliphatic heterocycles. The number of hydrogen-bond donors (Lipinski definition) is 0. The highest BCUT2D eigenvalue weighted by molar-refractivity contribution is 6.74. The van der Waals surface area contributed by atoms with Gasteiger partial charge in [0.15, 0.2) is 8.32 Å². The molecular formula is C15H30O3Si. The molecule has 112 valence electrons. The van der Waals surface area contributed by atoms with Crippen molar-refractivity contribution in [2.75, 3.05) is 13.7 Å².